The van der Waals surface area contributed by atoms with Crippen LogP contribution in [0.15, 0.2) is 47.5 Å². The molecule has 1 atom stereocenters. The summed E-state index contributed by atoms with van der Waals surface area (Å²) in [6.45, 7) is 4.92. The highest BCUT2D eigenvalue weighted by Crippen LogP contribution is 2.20. The molecule has 7 nitrogen and oxygen atoms in total. The van der Waals surface area contributed by atoms with Gasteiger partial charge in [-0.05, 0) is 37.1 Å². The van der Waals surface area contributed by atoms with E-state index in [-0.39, 0.29) is 6.04 Å². The third-order valence-corrected chi connectivity index (χ3v) is 4.46. The lowest BCUT2D eigenvalue weighted by Gasteiger charge is -2.28. The van der Waals surface area contributed by atoms with Crippen LogP contribution in [0.4, 0.5) is 0 Å². The van der Waals surface area contributed by atoms with Crippen molar-refractivity contribution in [3.63, 3.8) is 0 Å². The molecule has 4 rings (SSSR count). The van der Waals surface area contributed by atoms with Crippen LogP contribution in [-0.4, -0.2) is 37.3 Å². The first-order valence-electron chi connectivity index (χ1n) is 8.46. The summed E-state index contributed by atoms with van der Waals surface area (Å²) >= 11 is 0. The van der Waals surface area contributed by atoms with E-state index in [1.165, 1.54) is 5.69 Å². The average molecular weight is 339 g/mol. The molecule has 0 aromatic carbocycles. The lowest BCUT2D eigenvalue weighted by molar-refractivity contribution is 0.106. The second-order valence-electron chi connectivity index (χ2n) is 6.33. The Morgan fingerprint density at radius 1 is 1.28 bits per heavy atom. The maximum absolute atomic E-state index is 5.86. The van der Waals surface area contributed by atoms with Gasteiger partial charge >= 0.3 is 6.01 Å². The van der Waals surface area contributed by atoms with Gasteiger partial charge in [0.05, 0.1) is 18.5 Å². The minimum absolute atomic E-state index is 0.233. The quantitative estimate of drug-likeness (QED) is 0.711. The Morgan fingerprint density at radius 2 is 2.16 bits per heavy atom. The summed E-state index contributed by atoms with van der Waals surface area (Å²) in [6.07, 6.45) is 8.05. The lowest BCUT2D eigenvalue weighted by atomic mass is 10.2. The highest BCUT2D eigenvalue weighted by molar-refractivity contribution is 5.06. The first-order chi connectivity index (χ1) is 12.3. The van der Waals surface area contributed by atoms with Crippen LogP contribution in [0.5, 0.6) is 6.01 Å². The number of aryl methyl sites for hydroxylation is 2. The molecule has 7 heteroatoms. The van der Waals surface area contributed by atoms with E-state index < -0.39 is 0 Å². The summed E-state index contributed by atoms with van der Waals surface area (Å²) in [6, 6.07) is 6.65. The lowest BCUT2D eigenvalue weighted by Crippen LogP contribution is -2.38. The Labute approximate surface area is 146 Å². The Hall–Kier alpha value is -2.67. The number of rotatable bonds is 5. The number of nitrogens with zero attached hydrogens (tertiary/aromatic N) is 5. The molecule has 1 aliphatic rings. The SMILES string of the molecule is Cc1cnc(OC[C@@H]2CCn3nccc3CN2Cc2ccco2)nc1. The predicted octanol–water partition coefficient (Wildman–Crippen LogP) is 2.43. The highest BCUT2D eigenvalue weighted by atomic mass is 16.5. The second-order valence-corrected chi connectivity index (χ2v) is 6.33. The first kappa shape index (κ1) is 15.8. The van der Waals surface area contributed by atoms with Crippen molar-refractivity contribution in [1.29, 1.82) is 0 Å². The number of hydrogen-bond donors (Lipinski definition) is 0. The van der Waals surface area contributed by atoms with Gasteiger partial charge in [-0.25, -0.2) is 9.97 Å². The van der Waals surface area contributed by atoms with E-state index in [1.807, 2.05) is 25.3 Å². The smallest absolute Gasteiger partial charge is 0.316 e. The summed E-state index contributed by atoms with van der Waals surface area (Å²) in [4.78, 5) is 10.8. The molecule has 0 N–H and O–H groups in total. The summed E-state index contributed by atoms with van der Waals surface area (Å²) in [5, 5.41) is 4.41. The molecule has 4 heterocycles. The Kier molecular flexibility index (Phi) is 4.47. The van der Waals surface area contributed by atoms with Gasteiger partial charge in [0.1, 0.15) is 12.4 Å². The van der Waals surface area contributed by atoms with Crippen LogP contribution >= 0.6 is 0 Å². The first-order valence-corrected chi connectivity index (χ1v) is 8.46. The van der Waals surface area contributed by atoms with Crippen LogP contribution in [0.2, 0.25) is 0 Å². The maximum atomic E-state index is 5.86. The highest BCUT2D eigenvalue weighted by Gasteiger charge is 2.25. The van der Waals surface area contributed by atoms with Crippen molar-refractivity contribution >= 4 is 0 Å². The van der Waals surface area contributed by atoms with Gasteiger partial charge in [0, 0.05) is 37.7 Å². The van der Waals surface area contributed by atoms with E-state index in [0.717, 1.165) is 37.4 Å². The van der Waals surface area contributed by atoms with Gasteiger partial charge in [-0.1, -0.05) is 0 Å². The van der Waals surface area contributed by atoms with Gasteiger partial charge in [-0.3, -0.25) is 9.58 Å². The van der Waals surface area contributed by atoms with Gasteiger partial charge < -0.3 is 9.15 Å². The number of furan rings is 1. The van der Waals surface area contributed by atoms with Crippen molar-refractivity contribution in [2.45, 2.75) is 39.0 Å². The van der Waals surface area contributed by atoms with Crippen molar-refractivity contribution in [2.75, 3.05) is 6.61 Å². The van der Waals surface area contributed by atoms with Crippen molar-refractivity contribution in [3.05, 3.63) is 60.1 Å². The van der Waals surface area contributed by atoms with Gasteiger partial charge in [-0.15, -0.1) is 0 Å². The van der Waals surface area contributed by atoms with Crippen molar-refractivity contribution in [2.24, 2.45) is 0 Å². The molecule has 0 saturated heterocycles. The normalized spacial score (nSPS) is 17.9. The van der Waals surface area contributed by atoms with Crippen LogP contribution in [0, 0.1) is 6.92 Å². The summed E-state index contributed by atoms with van der Waals surface area (Å²) < 4.78 is 13.5. The average Bonchev–Trinajstić information content (AvgIpc) is 3.25. The third kappa shape index (κ3) is 3.71. The van der Waals surface area contributed by atoms with Gasteiger partial charge in [-0.2, -0.15) is 5.10 Å². The molecule has 0 amide bonds. The fourth-order valence-electron chi connectivity index (χ4n) is 3.09. The molecular weight excluding hydrogens is 318 g/mol. The number of ether oxygens (including phenoxy) is 1. The van der Waals surface area contributed by atoms with Crippen LogP contribution < -0.4 is 4.74 Å². The van der Waals surface area contributed by atoms with Crippen LogP contribution in [0.1, 0.15) is 23.4 Å². The zero-order valence-electron chi connectivity index (χ0n) is 14.2. The number of aromatic nitrogens is 4. The Balaban J connectivity index is 1.48. The van der Waals surface area contributed by atoms with E-state index in [2.05, 4.69) is 30.7 Å². The minimum atomic E-state index is 0.233. The summed E-state index contributed by atoms with van der Waals surface area (Å²) in [5.41, 5.74) is 2.23. The van der Waals surface area contributed by atoms with Gasteiger partial charge in [0.2, 0.25) is 0 Å². The van der Waals surface area contributed by atoms with Crippen molar-refractivity contribution in [3.8, 4) is 6.01 Å². The largest absolute Gasteiger partial charge is 0.468 e. The Morgan fingerprint density at radius 3 is 2.96 bits per heavy atom. The zero-order chi connectivity index (χ0) is 17.1. The van der Waals surface area contributed by atoms with E-state index in [4.69, 9.17) is 9.15 Å². The number of hydrogen-bond acceptors (Lipinski definition) is 6. The molecule has 0 bridgehead atoms. The summed E-state index contributed by atoms with van der Waals surface area (Å²) in [7, 11) is 0. The fourth-order valence-corrected chi connectivity index (χ4v) is 3.09. The van der Waals surface area contributed by atoms with E-state index in [1.54, 1.807) is 18.7 Å². The molecule has 3 aromatic rings. The third-order valence-electron chi connectivity index (χ3n) is 4.46. The van der Waals surface area contributed by atoms with Crippen LogP contribution in [-0.2, 0) is 19.6 Å². The minimum Gasteiger partial charge on any atom is -0.468 e. The molecule has 0 unspecified atom stereocenters. The summed E-state index contributed by atoms with van der Waals surface area (Å²) in [5.74, 6) is 0.949. The van der Waals surface area contributed by atoms with E-state index >= 15 is 0 Å². The van der Waals surface area contributed by atoms with Crippen LogP contribution in [0.3, 0.4) is 0 Å². The topological polar surface area (TPSA) is 69.2 Å². The molecule has 3 aromatic heterocycles. The molecule has 0 saturated carbocycles. The van der Waals surface area contributed by atoms with Gasteiger partial charge in [0.15, 0.2) is 0 Å². The standard InChI is InChI=1S/C18H21N5O2/c1-14-9-19-18(20-10-14)25-13-16-5-7-23-15(4-6-21-23)11-22(16)12-17-3-2-8-24-17/h2-4,6,8-10,16H,5,7,11-13H2,1H3/t16-/m0/s1. The predicted molar refractivity (Wildman–Crippen MR) is 90.9 cm³/mol. The van der Waals surface area contributed by atoms with Crippen LogP contribution in [0.25, 0.3) is 0 Å². The molecule has 25 heavy (non-hydrogen) atoms. The number of fused-ring (bicyclic) bond motifs is 1. The zero-order valence-corrected chi connectivity index (χ0v) is 14.2. The molecule has 1 aliphatic heterocycles. The maximum Gasteiger partial charge on any atom is 0.316 e. The van der Waals surface area contributed by atoms with E-state index in [0.29, 0.717) is 12.6 Å². The molecular formula is C18H21N5O2. The van der Waals surface area contributed by atoms with Gasteiger partial charge in [0.25, 0.3) is 0 Å². The monoisotopic (exact) mass is 339 g/mol. The molecule has 0 aliphatic carbocycles. The van der Waals surface area contributed by atoms with E-state index in [9.17, 15) is 0 Å². The van der Waals surface area contributed by atoms with Crippen molar-refractivity contribution < 1.29 is 9.15 Å². The molecule has 0 spiro atoms. The second kappa shape index (κ2) is 7.06. The van der Waals surface area contributed by atoms with Crippen molar-refractivity contribution in [1.82, 2.24) is 24.6 Å². The Bertz CT molecular complexity index is 797. The molecule has 130 valence electrons. The molecule has 0 radical (unpaired) electrons. The fraction of sp³-hybridized carbons (Fsp3) is 0.389. The molecule has 0 fully saturated rings.